The first-order valence-electron chi connectivity index (χ1n) is 7.78. The second kappa shape index (κ2) is 7.62. The van der Waals surface area contributed by atoms with Crippen LogP contribution >= 0.6 is 35.2 Å². The van der Waals surface area contributed by atoms with Gasteiger partial charge in [-0.15, -0.1) is 0 Å². The second-order valence-electron chi connectivity index (χ2n) is 5.94. The van der Waals surface area contributed by atoms with E-state index in [1.165, 1.54) is 5.56 Å². The van der Waals surface area contributed by atoms with E-state index in [2.05, 4.69) is 27.0 Å². The van der Waals surface area contributed by atoms with E-state index in [0.29, 0.717) is 0 Å². The molecule has 2 N–H and O–H groups in total. The van der Waals surface area contributed by atoms with Gasteiger partial charge >= 0.3 is 0 Å². The maximum atomic E-state index is 6.17. The van der Waals surface area contributed by atoms with Crippen LogP contribution in [0.1, 0.15) is 11.1 Å². The lowest BCUT2D eigenvalue weighted by Gasteiger charge is -2.33. The summed E-state index contributed by atoms with van der Waals surface area (Å²) < 4.78 is 0. The summed E-state index contributed by atoms with van der Waals surface area (Å²) in [6, 6.07) is 8.18. The number of thiophene rings is 1. The van der Waals surface area contributed by atoms with Gasteiger partial charge in [-0.1, -0.05) is 17.7 Å². The van der Waals surface area contributed by atoms with E-state index in [9.17, 15) is 0 Å². The number of piperazine rings is 1. The van der Waals surface area contributed by atoms with Gasteiger partial charge in [0.05, 0.1) is 26.2 Å². The fourth-order valence-electron chi connectivity index (χ4n) is 2.76. The molecule has 1 aliphatic rings. The number of hydrogen-bond donors (Lipinski definition) is 2. The number of anilines is 1. The third-order valence-electron chi connectivity index (χ3n) is 4.22. The summed E-state index contributed by atoms with van der Waals surface area (Å²) in [5.74, 6) is 0. The van der Waals surface area contributed by atoms with Crippen LogP contribution in [0.3, 0.4) is 0 Å². The van der Waals surface area contributed by atoms with E-state index in [-0.39, 0.29) is 0 Å². The van der Waals surface area contributed by atoms with Crippen molar-refractivity contribution in [2.24, 2.45) is 0 Å². The highest BCUT2D eigenvalue weighted by Crippen LogP contribution is 2.20. The SMILES string of the molecule is Cc1ccc(NC(=S)N2CC[NH+](Cc3ccsc3)CC2)cc1Cl. The predicted octanol–water partition coefficient (Wildman–Crippen LogP) is 2.81. The first-order valence-corrected chi connectivity index (χ1v) is 9.51. The molecular weight excluding hydrogens is 346 g/mol. The minimum absolute atomic E-state index is 0.767. The number of quaternary nitrogens is 1. The van der Waals surface area contributed by atoms with Crippen molar-refractivity contribution in [3.05, 3.63) is 51.2 Å². The number of thiocarbonyl (C=S) groups is 1. The largest absolute Gasteiger partial charge is 0.338 e. The van der Waals surface area contributed by atoms with Gasteiger partial charge in [-0.25, -0.2) is 0 Å². The molecule has 0 radical (unpaired) electrons. The van der Waals surface area contributed by atoms with Gasteiger partial charge in [-0.2, -0.15) is 11.3 Å². The summed E-state index contributed by atoms with van der Waals surface area (Å²) in [5.41, 5.74) is 3.47. The van der Waals surface area contributed by atoms with Gasteiger partial charge in [0, 0.05) is 16.3 Å². The topological polar surface area (TPSA) is 19.7 Å². The van der Waals surface area contributed by atoms with Crippen molar-refractivity contribution in [3.8, 4) is 0 Å². The maximum Gasteiger partial charge on any atom is 0.173 e. The predicted molar refractivity (Wildman–Crippen MR) is 103 cm³/mol. The molecule has 0 unspecified atom stereocenters. The van der Waals surface area contributed by atoms with Gasteiger partial charge in [0.1, 0.15) is 6.54 Å². The van der Waals surface area contributed by atoms with E-state index in [4.69, 9.17) is 23.8 Å². The average Bonchev–Trinajstić information content (AvgIpc) is 3.04. The zero-order valence-electron chi connectivity index (χ0n) is 13.1. The van der Waals surface area contributed by atoms with Gasteiger partial charge in [0.2, 0.25) is 0 Å². The monoisotopic (exact) mass is 366 g/mol. The first-order chi connectivity index (χ1) is 11.1. The van der Waals surface area contributed by atoms with Crippen molar-refractivity contribution < 1.29 is 4.90 Å². The van der Waals surface area contributed by atoms with Gasteiger partial charge < -0.3 is 15.1 Å². The molecule has 1 aliphatic heterocycles. The van der Waals surface area contributed by atoms with Crippen molar-refractivity contribution in [3.63, 3.8) is 0 Å². The Labute approximate surface area is 151 Å². The zero-order valence-corrected chi connectivity index (χ0v) is 15.5. The molecule has 6 heteroatoms. The Bertz CT molecular complexity index is 664. The molecule has 0 aliphatic carbocycles. The zero-order chi connectivity index (χ0) is 16.2. The van der Waals surface area contributed by atoms with Gasteiger partial charge in [0.15, 0.2) is 5.11 Å². The first kappa shape index (κ1) is 16.7. The fraction of sp³-hybridized carbons (Fsp3) is 0.353. The molecule has 1 aromatic heterocycles. The Hall–Kier alpha value is -1.14. The van der Waals surface area contributed by atoms with Crippen LogP contribution in [0.2, 0.25) is 5.02 Å². The fourth-order valence-corrected chi connectivity index (χ4v) is 3.91. The van der Waals surface area contributed by atoms with Crippen molar-refractivity contribution in [1.29, 1.82) is 0 Å². The molecule has 0 bridgehead atoms. The highest BCUT2D eigenvalue weighted by Gasteiger charge is 2.22. The minimum atomic E-state index is 0.767. The van der Waals surface area contributed by atoms with E-state index in [1.807, 2.05) is 25.1 Å². The van der Waals surface area contributed by atoms with E-state index in [1.54, 1.807) is 16.2 Å². The lowest BCUT2D eigenvalue weighted by molar-refractivity contribution is -0.917. The molecule has 122 valence electrons. The number of rotatable bonds is 3. The summed E-state index contributed by atoms with van der Waals surface area (Å²) in [7, 11) is 0. The lowest BCUT2D eigenvalue weighted by atomic mass is 10.2. The van der Waals surface area contributed by atoms with Crippen LogP contribution in [-0.2, 0) is 6.54 Å². The quantitative estimate of drug-likeness (QED) is 0.815. The Morgan fingerprint density at radius 2 is 2.13 bits per heavy atom. The Morgan fingerprint density at radius 3 is 2.78 bits per heavy atom. The molecule has 1 saturated heterocycles. The smallest absolute Gasteiger partial charge is 0.173 e. The molecule has 3 rings (SSSR count). The van der Waals surface area contributed by atoms with Crippen molar-refractivity contribution in [2.75, 3.05) is 31.5 Å². The summed E-state index contributed by atoms with van der Waals surface area (Å²) in [5, 5.41) is 9.26. The molecule has 23 heavy (non-hydrogen) atoms. The summed E-state index contributed by atoms with van der Waals surface area (Å²) in [6.07, 6.45) is 0. The second-order valence-corrected chi connectivity index (χ2v) is 7.51. The van der Waals surface area contributed by atoms with Gasteiger partial charge in [-0.05, 0) is 53.7 Å². The minimum Gasteiger partial charge on any atom is -0.338 e. The van der Waals surface area contributed by atoms with Gasteiger partial charge in [0.25, 0.3) is 0 Å². The van der Waals surface area contributed by atoms with Gasteiger partial charge in [-0.3, -0.25) is 0 Å². The molecule has 1 aromatic carbocycles. The molecular formula is C17H21ClN3S2+. The molecule has 0 atom stereocenters. The highest BCUT2D eigenvalue weighted by molar-refractivity contribution is 7.80. The molecule has 0 spiro atoms. The molecule has 1 fully saturated rings. The Morgan fingerprint density at radius 1 is 1.35 bits per heavy atom. The molecule has 3 nitrogen and oxygen atoms in total. The van der Waals surface area contributed by atoms with Crippen LogP contribution in [0.25, 0.3) is 0 Å². The average molecular weight is 367 g/mol. The van der Waals surface area contributed by atoms with Crippen LogP contribution in [0, 0.1) is 6.92 Å². The van der Waals surface area contributed by atoms with Crippen molar-refractivity contribution >= 4 is 46.0 Å². The van der Waals surface area contributed by atoms with Crippen molar-refractivity contribution in [1.82, 2.24) is 4.90 Å². The van der Waals surface area contributed by atoms with Crippen molar-refractivity contribution in [2.45, 2.75) is 13.5 Å². The lowest BCUT2D eigenvalue weighted by Crippen LogP contribution is -3.13. The van der Waals surface area contributed by atoms with Crippen LogP contribution < -0.4 is 10.2 Å². The van der Waals surface area contributed by atoms with Crippen LogP contribution in [-0.4, -0.2) is 36.2 Å². The summed E-state index contributed by atoms with van der Waals surface area (Å²) in [6.45, 7) is 7.33. The van der Waals surface area contributed by atoms with Crippen LogP contribution in [0.15, 0.2) is 35.0 Å². The Balaban J connectivity index is 1.50. The van der Waals surface area contributed by atoms with E-state index < -0.39 is 0 Å². The molecule has 0 amide bonds. The number of aryl methyl sites for hydroxylation is 1. The number of halogens is 1. The summed E-state index contributed by atoms with van der Waals surface area (Å²) in [4.78, 5) is 3.88. The highest BCUT2D eigenvalue weighted by atomic mass is 35.5. The number of hydrogen-bond acceptors (Lipinski definition) is 2. The van der Waals surface area contributed by atoms with Crippen LogP contribution in [0.4, 0.5) is 5.69 Å². The standard InChI is InChI=1S/C17H20ClN3S2/c1-13-2-3-15(10-16(13)18)19-17(22)21-7-5-20(6-8-21)11-14-4-9-23-12-14/h2-4,9-10,12H,5-8,11H2,1H3,(H,19,22)/p+1. The Kier molecular flexibility index (Phi) is 5.54. The molecule has 2 heterocycles. The molecule has 0 saturated carbocycles. The molecule has 2 aromatic rings. The number of benzene rings is 1. The third kappa shape index (κ3) is 4.44. The van der Waals surface area contributed by atoms with E-state index >= 15 is 0 Å². The third-order valence-corrected chi connectivity index (χ3v) is 5.71. The number of nitrogens with zero attached hydrogens (tertiary/aromatic N) is 1. The van der Waals surface area contributed by atoms with E-state index in [0.717, 1.165) is 54.1 Å². The summed E-state index contributed by atoms with van der Waals surface area (Å²) >= 11 is 13.5. The number of nitrogens with one attached hydrogen (secondary N) is 2. The maximum absolute atomic E-state index is 6.17. The van der Waals surface area contributed by atoms with Crippen LogP contribution in [0.5, 0.6) is 0 Å². The normalized spacial score (nSPS) is 15.7.